The first-order chi connectivity index (χ1) is 34.3. The number of ketones is 1. The van der Waals surface area contributed by atoms with Crippen molar-refractivity contribution in [1.82, 2.24) is 30.2 Å². The van der Waals surface area contributed by atoms with Gasteiger partial charge in [0.15, 0.2) is 17.7 Å². The number of Topliss-reactive ketones (excluding diaryl/α,β-unsaturated/α-hetero) is 1. The van der Waals surface area contributed by atoms with Crippen LogP contribution in [0.5, 0.6) is 0 Å². The Balaban J connectivity index is 1.12. The number of aromatic nitrogens is 4. The minimum atomic E-state index is -5.60. The lowest BCUT2D eigenvalue weighted by Gasteiger charge is -2.30. The van der Waals surface area contributed by atoms with Gasteiger partial charge in [0.2, 0.25) is 11.8 Å². The molecule has 416 valence electrons. The van der Waals surface area contributed by atoms with Crippen LogP contribution in [0.4, 0.5) is 5.82 Å². The summed E-state index contributed by atoms with van der Waals surface area (Å²) in [6, 6.07) is 8.51. The number of nitrogen functional groups attached to an aromatic ring is 1. The second kappa shape index (κ2) is 26.8. The molecule has 2 aromatic heterocycles. The van der Waals surface area contributed by atoms with Gasteiger partial charge in [0, 0.05) is 36.8 Å². The minimum Gasteiger partial charge on any atom is -0.481 e. The molecule has 0 aliphatic carbocycles. The smallest absolute Gasteiger partial charge is 0.481 e. The van der Waals surface area contributed by atoms with Crippen molar-refractivity contribution in [2.75, 3.05) is 32.0 Å². The maximum absolute atomic E-state index is 13.1. The molecule has 74 heavy (non-hydrogen) atoms. The van der Waals surface area contributed by atoms with Crippen molar-refractivity contribution in [3.63, 3.8) is 0 Å². The molecule has 7 unspecified atom stereocenters. The van der Waals surface area contributed by atoms with Gasteiger partial charge in [-0.25, -0.2) is 28.6 Å². The SMILES string of the molecule is CC(C)(CCCCCCc1cccc(CCCCC(C)(C)C(=O)CCNC(=O)CCNC(=O)C(O)C(C)(C)COP(=O)(O)OP(=O)(O)OCC2OC(n3cnc4c(N)ncnc43)C(O)C2OP(=O)(O)O)c1)C(=O)O. The Hall–Kier alpha value is -4.10. The number of imidazole rings is 1. The summed E-state index contributed by atoms with van der Waals surface area (Å²) in [5.74, 6) is -2.29. The van der Waals surface area contributed by atoms with Crippen LogP contribution in [-0.4, -0.2) is 129 Å². The highest BCUT2D eigenvalue weighted by Crippen LogP contribution is 2.61. The number of aryl methyl sites for hydroxylation is 2. The fourth-order valence-electron chi connectivity index (χ4n) is 7.93. The van der Waals surface area contributed by atoms with Gasteiger partial charge in [-0.1, -0.05) is 77.6 Å². The largest absolute Gasteiger partial charge is 0.481 e. The Kier molecular flexibility index (Phi) is 22.6. The lowest BCUT2D eigenvalue weighted by Crippen LogP contribution is -2.46. The van der Waals surface area contributed by atoms with Crippen molar-refractivity contribution >= 4 is 64.0 Å². The first kappa shape index (κ1) is 62.4. The number of aliphatic hydroxyl groups excluding tert-OH is 2. The number of hydrogen-bond acceptors (Lipinski definition) is 18. The van der Waals surface area contributed by atoms with Gasteiger partial charge < -0.3 is 56.0 Å². The van der Waals surface area contributed by atoms with E-state index in [1.807, 2.05) is 13.8 Å². The third-order valence-corrected chi connectivity index (χ3v) is 15.7. The number of carboxylic acid groups (broad SMARTS) is 1. The Morgan fingerprint density at radius 3 is 2.07 bits per heavy atom. The van der Waals surface area contributed by atoms with Crippen molar-refractivity contribution < 1.29 is 90.4 Å². The fraction of sp³-hybridized carbons (Fsp3) is 0.667. The highest BCUT2D eigenvalue weighted by atomic mass is 31.3. The number of aliphatic hydroxyl groups is 2. The van der Waals surface area contributed by atoms with Crippen molar-refractivity contribution in [3.8, 4) is 0 Å². The average molecular weight is 1110 g/mol. The van der Waals surface area contributed by atoms with E-state index in [2.05, 4.69) is 58.7 Å². The molecular formula is C45H72N7O19P3. The number of nitrogens with zero attached hydrogens (tertiary/aromatic N) is 4. The van der Waals surface area contributed by atoms with Crippen LogP contribution in [-0.2, 0) is 68.3 Å². The van der Waals surface area contributed by atoms with Crippen molar-refractivity contribution in [3.05, 3.63) is 48.0 Å². The van der Waals surface area contributed by atoms with Crippen molar-refractivity contribution in [2.45, 2.75) is 149 Å². The number of nitrogens with one attached hydrogen (secondary N) is 2. The highest BCUT2D eigenvalue weighted by molar-refractivity contribution is 7.61. The van der Waals surface area contributed by atoms with E-state index in [9.17, 15) is 67.8 Å². The summed E-state index contributed by atoms with van der Waals surface area (Å²) in [5, 5.41) is 36.0. The number of fused-ring (bicyclic) bond motifs is 1. The molecule has 2 amide bonds. The van der Waals surface area contributed by atoms with Gasteiger partial charge in [-0.15, -0.1) is 0 Å². The summed E-state index contributed by atoms with van der Waals surface area (Å²) in [6.07, 6.45) is 1.94. The number of amides is 2. The maximum atomic E-state index is 13.1. The third-order valence-electron chi connectivity index (χ3n) is 12.6. The molecule has 7 atom stereocenters. The molecule has 0 spiro atoms. The number of unbranched alkanes of at least 4 members (excludes halogenated alkanes) is 4. The molecule has 0 saturated carbocycles. The van der Waals surface area contributed by atoms with E-state index in [0.717, 1.165) is 68.6 Å². The Bertz CT molecular complexity index is 2540. The molecule has 11 N–H and O–H groups in total. The molecule has 1 saturated heterocycles. The summed E-state index contributed by atoms with van der Waals surface area (Å²) >= 11 is 0. The second-order valence-corrected chi connectivity index (χ2v) is 24.5. The lowest BCUT2D eigenvalue weighted by molar-refractivity contribution is -0.147. The predicted octanol–water partition coefficient (Wildman–Crippen LogP) is 4.41. The number of ether oxygens (including phenoxy) is 1. The quantitative estimate of drug-likeness (QED) is 0.0298. The Morgan fingerprint density at radius 1 is 0.824 bits per heavy atom. The molecule has 0 bridgehead atoms. The molecule has 3 heterocycles. The Morgan fingerprint density at radius 2 is 1.42 bits per heavy atom. The zero-order chi connectivity index (χ0) is 55.3. The van der Waals surface area contributed by atoms with Gasteiger partial charge in [-0.05, 0) is 63.5 Å². The lowest BCUT2D eigenvalue weighted by atomic mass is 9.81. The number of benzene rings is 1. The number of anilines is 1. The summed E-state index contributed by atoms with van der Waals surface area (Å²) < 4.78 is 62.6. The van der Waals surface area contributed by atoms with Gasteiger partial charge >= 0.3 is 29.4 Å². The van der Waals surface area contributed by atoms with Crippen LogP contribution in [0.15, 0.2) is 36.9 Å². The zero-order valence-electron chi connectivity index (χ0n) is 42.4. The first-order valence-electron chi connectivity index (χ1n) is 24.1. The number of phosphoric ester groups is 3. The number of rotatable bonds is 33. The monoisotopic (exact) mass is 1110 g/mol. The van der Waals surface area contributed by atoms with Crippen LogP contribution < -0.4 is 16.4 Å². The molecule has 29 heteroatoms. The van der Waals surface area contributed by atoms with Crippen molar-refractivity contribution in [1.29, 1.82) is 0 Å². The van der Waals surface area contributed by atoms with Gasteiger partial charge in [0.1, 0.15) is 42.0 Å². The molecule has 4 rings (SSSR count). The van der Waals surface area contributed by atoms with E-state index >= 15 is 0 Å². The van der Waals surface area contributed by atoms with E-state index in [0.29, 0.717) is 12.8 Å². The number of hydrogen-bond donors (Lipinski definition) is 10. The number of phosphoric acid groups is 3. The number of aliphatic carboxylic acids is 1. The van der Waals surface area contributed by atoms with Gasteiger partial charge in [-0.3, -0.25) is 37.3 Å². The van der Waals surface area contributed by atoms with Crippen LogP contribution in [0, 0.1) is 16.2 Å². The fourth-order valence-corrected chi connectivity index (χ4v) is 10.8. The molecule has 1 fully saturated rings. The second-order valence-electron chi connectivity index (χ2n) is 20.3. The van der Waals surface area contributed by atoms with E-state index in [4.69, 9.17) is 19.5 Å². The molecule has 1 aromatic carbocycles. The average Bonchev–Trinajstić information content (AvgIpc) is 3.87. The van der Waals surface area contributed by atoms with Crippen LogP contribution in [0.2, 0.25) is 0 Å². The topological polar surface area (TPSA) is 401 Å². The van der Waals surface area contributed by atoms with Gasteiger partial charge in [0.25, 0.3) is 0 Å². The van der Waals surface area contributed by atoms with Crippen LogP contribution in [0.3, 0.4) is 0 Å². The van der Waals surface area contributed by atoms with Crippen LogP contribution in [0.25, 0.3) is 11.2 Å². The van der Waals surface area contributed by atoms with Gasteiger partial charge in [0.05, 0.1) is 25.0 Å². The first-order valence-corrected chi connectivity index (χ1v) is 28.6. The summed E-state index contributed by atoms with van der Waals surface area (Å²) in [5.41, 5.74) is 5.45. The summed E-state index contributed by atoms with van der Waals surface area (Å²) in [6.45, 7) is 7.57. The maximum Gasteiger partial charge on any atom is 0.481 e. The van der Waals surface area contributed by atoms with Crippen LogP contribution >= 0.6 is 23.5 Å². The minimum absolute atomic E-state index is 0.0133. The Labute approximate surface area is 429 Å². The molecule has 1 aliphatic rings. The molecular weight excluding hydrogens is 1040 g/mol. The normalized spacial score (nSPS) is 19.7. The molecule has 1 aliphatic heterocycles. The van der Waals surface area contributed by atoms with E-state index in [-0.39, 0.29) is 48.7 Å². The van der Waals surface area contributed by atoms with E-state index in [1.165, 1.54) is 25.0 Å². The molecule has 26 nitrogen and oxygen atoms in total. The van der Waals surface area contributed by atoms with Crippen molar-refractivity contribution in [2.24, 2.45) is 16.2 Å². The van der Waals surface area contributed by atoms with Crippen LogP contribution in [0.1, 0.15) is 123 Å². The number of carbonyl (C=O) groups is 4. The highest BCUT2D eigenvalue weighted by Gasteiger charge is 2.50. The van der Waals surface area contributed by atoms with Gasteiger partial charge in [-0.2, -0.15) is 4.31 Å². The molecule has 0 radical (unpaired) electrons. The number of nitrogens with two attached hydrogens (primary N) is 1. The molecule has 3 aromatic rings. The van der Waals surface area contributed by atoms with E-state index < -0.39 is 101 Å². The summed E-state index contributed by atoms with van der Waals surface area (Å²) in [4.78, 5) is 101. The summed E-state index contributed by atoms with van der Waals surface area (Å²) in [7, 11) is -16.5. The third kappa shape index (κ3) is 19.5. The van der Waals surface area contributed by atoms with E-state index in [1.54, 1.807) is 13.8 Å². The number of carbonyl (C=O) groups excluding carboxylic acids is 3. The predicted molar refractivity (Wildman–Crippen MR) is 265 cm³/mol. The zero-order valence-corrected chi connectivity index (χ0v) is 45.1. The standard InChI is InChI=1S/C45H72N7O19P3/c1-43(2,20-12-10-15-30-17-13-16-29(24-30)14-9-7-8-11-21-44(3,4)42(58)59)32(53)18-22-47-33(54)19-23-48-40(57)37(56)45(5,6)26-68-74(65,66)71-73(63,64)67-25-31-36(70-72(60,61)62)35(55)41(69-31)52-28-51-34-38(46)49-27-50-39(34)52/h13,16-17,24,27-28,31,35-37,41,55-56H,7-12,14-15,18-23,25-26H2,1-6H3,(H,47,54)(H,48,57)(H,58,59)(H,63,64)(H,65,66)(H2,46,49,50)(H2,60,61,62). The number of carboxylic acids is 1.